The molecule has 4 rings (SSSR count). The minimum Gasteiger partial charge on any atom is -0.496 e. The Bertz CT molecular complexity index is 1160. The zero-order valence-corrected chi connectivity index (χ0v) is 17.4. The van der Waals surface area contributed by atoms with Gasteiger partial charge in [0.2, 0.25) is 0 Å². The summed E-state index contributed by atoms with van der Waals surface area (Å²) in [4.78, 5) is 15.0. The molecule has 1 aromatic heterocycles. The van der Waals surface area contributed by atoms with Crippen LogP contribution in [-0.2, 0) is 11.3 Å². The van der Waals surface area contributed by atoms with E-state index in [1.807, 2.05) is 24.3 Å². The van der Waals surface area contributed by atoms with Crippen LogP contribution in [0.25, 0.3) is 6.08 Å². The third-order valence-corrected chi connectivity index (χ3v) is 5.43. The number of hydrogen-bond donors (Lipinski definition) is 0. The average molecular weight is 435 g/mol. The van der Waals surface area contributed by atoms with Gasteiger partial charge in [0.1, 0.15) is 17.3 Å². The molecule has 0 atom stereocenters. The molecule has 3 aromatic rings. The summed E-state index contributed by atoms with van der Waals surface area (Å²) in [5, 5.41) is 8.85. The van der Waals surface area contributed by atoms with Crippen molar-refractivity contribution in [3.8, 4) is 5.75 Å². The van der Waals surface area contributed by atoms with Crippen molar-refractivity contribution in [2.75, 3.05) is 7.11 Å². The van der Waals surface area contributed by atoms with Gasteiger partial charge in [-0.15, -0.1) is 5.10 Å². The summed E-state index contributed by atoms with van der Waals surface area (Å²) in [6.07, 6.45) is 4.83. The van der Waals surface area contributed by atoms with E-state index in [0.717, 1.165) is 5.56 Å². The van der Waals surface area contributed by atoms with E-state index in [9.17, 15) is 9.18 Å². The second-order valence-electron chi connectivity index (χ2n) is 6.50. The van der Waals surface area contributed by atoms with Crippen LogP contribution in [0.15, 0.2) is 86.5 Å². The molecule has 1 amide bonds. The van der Waals surface area contributed by atoms with E-state index >= 15 is 0 Å². The van der Waals surface area contributed by atoms with Crippen LogP contribution >= 0.6 is 11.8 Å². The van der Waals surface area contributed by atoms with Crippen LogP contribution in [0, 0.1) is 5.82 Å². The minimum atomic E-state index is -0.333. The van der Waals surface area contributed by atoms with Gasteiger partial charge in [-0.25, -0.2) is 4.39 Å². The summed E-state index contributed by atoms with van der Waals surface area (Å²) in [5.41, 5.74) is 1.48. The number of methoxy groups -OCH3 is 1. The van der Waals surface area contributed by atoms with Crippen molar-refractivity contribution in [3.05, 3.63) is 94.5 Å². The molecule has 8 heteroatoms. The zero-order valence-electron chi connectivity index (χ0n) is 16.6. The molecule has 1 saturated heterocycles. The van der Waals surface area contributed by atoms with Crippen molar-refractivity contribution in [1.29, 1.82) is 0 Å². The normalized spacial score (nSPS) is 16.7. The quantitative estimate of drug-likeness (QED) is 0.313. The van der Waals surface area contributed by atoms with Gasteiger partial charge in [-0.05, 0) is 59.8 Å². The van der Waals surface area contributed by atoms with Crippen LogP contribution < -0.4 is 4.74 Å². The number of hydrogen-bond acceptors (Lipinski definition) is 6. The van der Waals surface area contributed by atoms with E-state index in [-0.39, 0.29) is 18.3 Å². The maximum Gasteiger partial charge on any atom is 0.267 e. The fourth-order valence-corrected chi connectivity index (χ4v) is 3.84. The third-order valence-electron chi connectivity index (χ3n) is 4.43. The number of carbonyl (C=O) groups is 1. The fourth-order valence-electron chi connectivity index (χ4n) is 2.90. The summed E-state index contributed by atoms with van der Waals surface area (Å²) in [6.45, 7) is 0.225. The molecule has 156 valence electrons. The lowest BCUT2D eigenvalue weighted by atomic mass is 10.2. The Morgan fingerprint density at radius 3 is 2.68 bits per heavy atom. The van der Waals surface area contributed by atoms with Crippen molar-refractivity contribution in [2.24, 2.45) is 10.2 Å². The summed E-state index contributed by atoms with van der Waals surface area (Å²) in [6, 6.07) is 16.9. The molecule has 0 aliphatic carbocycles. The van der Waals surface area contributed by atoms with Crippen LogP contribution in [0.1, 0.15) is 16.9 Å². The highest BCUT2D eigenvalue weighted by atomic mass is 32.2. The molecule has 0 saturated carbocycles. The molecule has 1 aliphatic heterocycles. The Morgan fingerprint density at radius 2 is 1.94 bits per heavy atom. The van der Waals surface area contributed by atoms with Gasteiger partial charge in [0, 0.05) is 5.56 Å². The van der Waals surface area contributed by atoms with Crippen LogP contribution in [0.2, 0.25) is 0 Å². The Morgan fingerprint density at radius 1 is 1.13 bits per heavy atom. The highest BCUT2D eigenvalue weighted by molar-refractivity contribution is 8.18. The van der Waals surface area contributed by atoms with E-state index in [1.54, 1.807) is 49.9 Å². The SMILES string of the molecule is COc1ccccc1/C=N\N=C1\S/C(=C\c2ccc(F)cc2)C(=O)N1Cc1ccco1. The van der Waals surface area contributed by atoms with Gasteiger partial charge >= 0.3 is 0 Å². The Hall–Kier alpha value is -3.65. The molecular weight excluding hydrogens is 417 g/mol. The number of carbonyl (C=O) groups excluding carboxylic acids is 1. The predicted molar refractivity (Wildman–Crippen MR) is 119 cm³/mol. The first-order valence-electron chi connectivity index (χ1n) is 9.37. The average Bonchev–Trinajstić information content (AvgIpc) is 3.40. The number of nitrogens with zero attached hydrogens (tertiary/aromatic N) is 3. The van der Waals surface area contributed by atoms with E-state index in [0.29, 0.717) is 27.1 Å². The lowest BCUT2D eigenvalue weighted by Crippen LogP contribution is -2.28. The first kappa shape index (κ1) is 20.6. The van der Waals surface area contributed by atoms with Crippen molar-refractivity contribution >= 4 is 35.1 Å². The molecule has 6 nitrogen and oxygen atoms in total. The van der Waals surface area contributed by atoms with Gasteiger partial charge < -0.3 is 9.15 Å². The highest BCUT2D eigenvalue weighted by Crippen LogP contribution is 2.34. The number of para-hydroxylation sites is 1. The van der Waals surface area contributed by atoms with Gasteiger partial charge in [0.05, 0.1) is 31.0 Å². The van der Waals surface area contributed by atoms with Gasteiger partial charge in [-0.1, -0.05) is 24.3 Å². The largest absolute Gasteiger partial charge is 0.496 e. The van der Waals surface area contributed by atoms with Gasteiger partial charge in [-0.2, -0.15) is 5.10 Å². The van der Waals surface area contributed by atoms with Gasteiger partial charge in [-0.3, -0.25) is 9.69 Å². The number of halogens is 1. The van der Waals surface area contributed by atoms with Crippen molar-refractivity contribution in [1.82, 2.24) is 4.90 Å². The molecule has 2 heterocycles. The van der Waals surface area contributed by atoms with E-state index in [1.165, 1.54) is 28.8 Å². The summed E-state index contributed by atoms with van der Waals surface area (Å²) >= 11 is 1.20. The monoisotopic (exact) mass is 435 g/mol. The molecule has 31 heavy (non-hydrogen) atoms. The molecule has 0 N–H and O–H groups in total. The summed E-state index contributed by atoms with van der Waals surface area (Å²) in [5.74, 6) is 0.737. The first-order valence-corrected chi connectivity index (χ1v) is 10.2. The highest BCUT2D eigenvalue weighted by Gasteiger charge is 2.34. The molecule has 0 spiro atoms. The lowest BCUT2D eigenvalue weighted by Gasteiger charge is -2.12. The fraction of sp³-hybridized carbons (Fsp3) is 0.0870. The number of ether oxygens (including phenoxy) is 1. The molecule has 1 fully saturated rings. The van der Waals surface area contributed by atoms with Gasteiger partial charge in [0.25, 0.3) is 5.91 Å². The van der Waals surface area contributed by atoms with Crippen LogP contribution in [0.4, 0.5) is 4.39 Å². The summed E-state index contributed by atoms with van der Waals surface area (Å²) in [7, 11) is 1.58. The number of benzene rings is 2. The molecule has 0 bridgehead atoms. The van der Waals surface area contributed by atoms with Crippen molar-refractivity contribution in [2.45, 2.75) is 6.54 Å². The molecule has 1 aliphatic rings. The first-order chi connectivity index (χ1) is 15.1. The number of rotatable bonds is 6. The van der Waals surface area contributed by atoms with E-state index < -0.39 is 0 Å². The summed E-state index contributed by atoms with van der Waals surface area (Å²) < 4.78 is 23.9. The van der Waals surface area contributed by atoms with Crippen molar-refractivity contribution in [3.63, 3.8) is 0 Å². The maximum atomic E-state index is 13.2. The van der Waals surface area contributed by atoms with Crippen LogP contribution in [0.5, 0.6) is 5.75 Å². The minimum absolute atomic E-state index is 0.225. The maximum absolute atomic E-state index is 13.2. The molecule has 2 aromatic carbocycles. The molecule has 0 radical (unpaired) electrons. The van der Waals surface area contributed by atoms with E-state index in [2.05, 4.69) is 10.2 Å². The number of amidine groups is 1. The zero-order chi connectivity index (χ0) is 21.6. The van der Waals surface area contributed by atoms with Crippen molar-refractivity contribution < 1.29 is 18.3 Å². The smallest absolute Gasteiger partial charge is 0.267 e. The number of thioether (sulfide) groups is 1. The Kier molecular flexibility index (Phi) is 6.28. The topological polar surface area (TPSA) is 67.4 Å². The second-order valence-corrected chi connectivity index (χ2v) is 7.51. The second kappa shape index (κ2) is 9.44. The number of amides is 1. The van der Waals surface area contributed by atoms with Gasteiger partial charge in [0.15, 0.2) is 5.17 Å². The third kappa shape index (κ3) is 4.92. The Balaban J connectivity index is 1.62. The van der Waals surface area contributed by atoms with E-state index in [4.69, 9.17) is 9.15 Å². The lowest BCUT2D eigenvalue weighted by molar-refractivity contribution is -0.122. The predicted octanol–water partition coefficient (Wildman–Crippen LogP) is 4.93. The van der Waals surface area contributed by atoms with Crippen LogP contribution in [-0.4, -0.2) is 29.3 Å². The molecular formula is C23H18FN3O3S. The Labute approximate surface area is 182 Å². The number of furan rings is 1. The van der Waals surface area contributed by atoms with Crippen LogP contribution in [0.3, 0.4) is 0 Å². The standard InChI is InChI=1S/C23H18FN3O3S/c1-29-20-7-3-2-5-17(20)14-25-26-23-27(15-19-6-4-12-30-19)22(28)21(31-23)13-16-8-10-18(24)11-9-16/h2-14H,15H2,1H3/b21-13-,25-14-,26-23+. The molecule has 0 unspecified atom stereocenters.